The second kappa shape index (κ2) is 7.22. The van der Waals surface area contributed by atoms with Crippen LogP contribution in [0.5, 0.6) is 0 Å². The number of carbonyl (C=O) groups is 1. The van der Waals surface area contributed by atoms with Crippen LogP contribution in [0, 0.1) is 11.7 Å². The number of amides is 1. The van der Waals surface area contributed by atoms with Crippen molar-refractivity contribution in [2.45, 2.75) is 39.0 Å². The highest BCUT2D eigenvalue weighted by atomic mass is 19.1. The summed E-state index contributed by atoms with van der Waals surface area (Å²) < 4.78 is 14.2. The lowest BCUT2D eigenvalue weighted by Crippen LogP contribution is -2.29. The Kier molecular flexibility index (Phi) is 5.32. The molecule has 2 rings (SSSR count). The van der Waals surface area contributed by atoms with Gasteiger partial charge in [0.2, 0.25) is 0 Å². The molecule has 1 saturated carbocycles. The maximum absolute atomic E-state index is 14.2. The molecule has 5 heteroatoms. The number of aromatic nitrogens is 1. The normalized spacial score (nSPS) is 15.3. The van der Waals surface area contributed by atoms with Gasteiger partial charge in [-0.2, -0.15) is 0 Å². The van der Waals surface area contributed by atoms with E-state index in [1.54, 1.807) is 0 Å². The molecule has 0 bridgehead atoms. The molecule has 20 heavy (non-hydrogen) atoms. The van der Waals surface area contributed by atoms with Crippen LogP contribution < -0.4 is 10.6 Å². The zero-order valence-electron chi connectivity index (χ0n) is 11.9. The molecule has 0 spiro atoms. The summed E-state index contributed by atoms with van der Waals surface area (Å²) in [6.45, 7) is 3.26. The minimum Gasteiger partial charge on any atom is -0.368 e. The molecule has 2 N–H and O–H groups in total. The highest BCUT2D eigenvalue weighted by Gasteiger charge is 2.19. The third-order valence-corrected chi connectivity index (χ3v) is 3.70. The Bertz CT molecular complexity index is 458. The summed E-state index contributed by atoms with van der Waals surface area (Å²) in [4.78, 5) is 16.0. The Labute approximate surface area is 119 Å². The molecule has 110 valence electrons. The van der Waals surface area contributed by atoms with Crippen molar-refractivity contribution in [3.63, 3.8) is 0 Å². The zero-order chi connectivity index (χ0) is 14.4. The van der Waals surface area contributed by atoms with Crippen molar-refractivity contribution in [1.29, 1.82) is 0 Å². The van der Waals surface area contributed by atoms with Gasteiger partial charge in [-0.15, -0.1) is 0 Å². The van der Waals surface area contributed by atoms with Crippen LogP contribution in [-0.2, 0) is 0 Å². The monoisotopic (exact) mass is 279 g/mol. The van der Waals surface area contributed by atoms with Gasteiger partial charge in [0.05, 0.1) is 5.56 Å². The molecule has 0 atom stereocenters. The smallest absolute Gasteiger partial charge is 0.254 e. The molecule has 1 aliphatic rings. The van der Waals surface area contributed by atoms with Crippen molar-refractivity contribution >= 4 is 11.7 Å². The van der Waals surface area contributed by atoms with E-state index in [1.165, 1.54) is 25.1 Å². The number of rotatable bonds is 6. The Morgan fingerprint density at radius 1 is 1.45 bits per heavy atom. The van der Waals surface area contributed by atoms with E-state index in [4.69, 9.17) is 0 Å². The van der Waals surface area contributed by atoms with Crippen LogP contribution >= 0.6 is 0 Å². The Morgan fingerprint density at radius 2 is 2.20 bits per heavy atom. The van der Waals surface area contributed by atoms with Gasteiger partial charge in [-0.1, -0.05) is 19.8 Å². The van der Waals surface area contributed by atoms with E-state index < -0.39 is 5.82 Å². The Balaban J connectivity index is 1.97. The maximum Gasteiger partial charge on any atom is 0.254 e. The number of halogens is 1. The molecule has 0 saturated heterocycles. The minimum absolute atomic E-state index is 0.0663. The first-order valence-corrected chi connectivity index (χ1v) is 7.39. The van der Waals surface area contributed by atoms with E-state index in [-0.39, 0.29) is 17.3 Å². The molecular weight excluding hydrogens is 257 g/mol. The summed E-state index contributed by atoms with van der Waals surface area (Å²) in [6, 6.07) is 1.43. The molecule has 1 aromatic rings. The highest BCUT2D eigenvalue weighted by molar-refractivity contribution is 5.95. The van der Waals surface area contributed by atoms with Crippen LogP contribution in [0.4, 0.5) is 10.2 Å². The SMILES string of the molecule is CCCNc1nccc(C(=O)NCC2CCCC2)c1F. The second-order valence-electron chi connectivity index (χ2n) is 5.31. The van der Waals surface area contributed by atoms with Gasteiger partial charge in [0.15, 0.2) is 11.6 Å². The molecule has 0 radical (unpaired) electrons. The third-order valence-electron chi connectivity index (χ3n) is 3.70. The van der Waals surface area contributed by atoms with Crippen molar-refractivity contribution in [2.24, 2.45) is 5.92 Å². The number of pyridine rings is 1. The molecular formula is C15H22FN3O. The van der Waals surface area contributed by atoms with Crippen molar-refractivity contribution < 1.29 is 9.18 Å². The Morgan fingerprint density at radius 3 is 2.90 bits per heavy atom. The van der Waals surface area contributed by atoms with Gasteiger partial charge in [-0.25, -0.2) is 9.37 Å². The van der Waals surface area contributed by atoms with E-state index in [0.717, 1.165) is 19.3 Å². The predicted molar refractivity (Wildman–Crippen MR) is 77.3 cm³/mol. The Hall–Kier alpha value is -1.65. The average Bonchev–Trinajstić information content (AvgIpc) is 2.97. The molecule has 1 aliphatic carbocycles. The molecule has 1 heterocycles. The van der Waals surface area contributed by atoms with Crippen molar-refractivity contribution in [3.05, 3.63) is 23.6 Å². The van der Waals surface area contributed by atoms with E-state index in [2.05, 4.69) is 15.6 Å². The topological polar surface area (TPSA) is 54.0 Å². The minimum atomic E-state index is -0.565. The van der Waals surface area contributed by atoms with Crippen LogP contribution in [0.1, 0.15) is 49.4 Å². The highest BCUT2D eigenvalue weighted by Crippen LogP contribution is 2.24. The molecule has 1 aromatic heterocycles. The van der Waals surface area contributed by atoms with Crippen LogP contribution in [-0.4, -0.2) is 24.0 Å². The van der Waals surface area contributed by atoms with Crippen molar-refractivity contribution in [2.75, 3.05) is 18.4 Å². The molecule has 0 aromatic carbocycles. The summed E-state index contributed by atoms with van der Waals surface area (Å²) >= 11 is 0. The molecule has 4 nitrogen and oxygen atoms in total. The van der Waals surface area contributed by atoms with Gasteiger partial charge >= 0.3 is 0 Å². The maximum atomic E-state index is 14.2. The molecule has 1 amide bonds. The number of hydrogen-bond acceptors (Lipinski definition) is 3. The number of nitrogens with one attached hydrogen (secondary N) is 2. The first-order chi connectivity index (χ1) is 9.72. The van der Waals surface area contributed by atoms with Crippen molar-refractivity contribution in [3.8, 4) is 0 Å². The summed E-state index contributed by atoms with van der Waals surface area (Å²) in [5.74, 6) is -0.219. The zero-order valence-corrected chi connectivity index (χ0v) is 11.9. The lowest BCUT2D eigenvalue weighted by molar-refractivity contribution is 0.0943. The van der Waals surface area contributed by atoms with Crippen LogP contribution in [0.2, 0.25) is 0 Å². The first kappa shape index (κ1) is 14.8. The summed E-state index contributed by atoms with van der Waals surface area (Å²) in [7, 11) is 0. The fourth-order valence-electron chi connectivity index (χ4n) is 2.53. The second-order valence-corrected chi connectivity index (χ2v) is 5.31. The third kappa shape index (κ3) is 3.68. The van der Waals surface area contributed by atoms with Gasteiger partial charge in [-0.05, 0) is 31.2 Å². The van der Waals surface area contributed by atoms with Crippen LogP contribution in [0.3, 0.4) is 0 Å². The van der Waals surface area contributed by atoms with Gasteiger partial charge in [0.1, 0.15) is 0 Å². The fourth-order valence-corrected chi connectivity index (χ4v) is 2.53. The largest absolute Gasteiger partial charge is 0.368 e. The van der Waals surface area contributed by atoms with Gasteiger partial charge in [-0.3, -0.25) is 4.79 Å². The quantitative estimate of drug-likeness (QED) is 0.841. The van der Waals surface area contributed by atoms with E-state index in [9.17, 15) is 9.18 Å². The summed E-state index contributed by atoms with van der Waals surface area (Å²) in [5, 5.41) is 5.72. The van der Waals surface area contributed by atoms with E-state index >= 15 is 0 Å². The van der Waals surface area contributed by atoms with Crippen LogP contribution in [0.25, 0.3) is 0 Å². The van der Waals surface area contributed by atoms with Crippen molar-refractivity contribution in [1.82, 2.24) is 10.3 Å². The fraction of sp³-hybridized carbons (Fsp3) is 0.600. The molecule has 0 aliphatic heterocycles. The summed E-state index contributed by atoms with van der Waals surface area (Å²) in [6.07, 6.45) is 7.11. The number of nitrogens with zero attached hydrogens (tertiary/aromatic N) is 1. The standard InChI is InChI=1S/C15H22FN3O/c1-2-8-17-14-13(16)12(7-9-18-14)15(20)19-10-11-5-3-4-6-11/h7,9,11H,2-6,8,10H2,1H3,(H,17,18)(H,19,20). The lowest BCUT2D eigenvalue weighted by Gasteiger charge is -2.12. The van der Waals surface area contributed by atoms with Gasteiger partial charge in [0, 0.05) is 19.3 Å². The number of carbonyl (C=O) groups excluding carboxylic acids is 1. The number of anilines is 1. The number of hydrogen-bond donors (Lipinski definition) is 2. The van der Waals surface area contributed by atoms with Crippen LogP contribution in [0.15, 0.2) is 12.3 Å². The van der Waals surface area contributed by atoms with E-state index in [0.29, 0.717) is 19.0 Å². The first-order valence-electron chi connectivity index (χ1n) is 7.39. The predicted octanol–water partition coefficient (Wildman–Crippen LogP) is 2.96. The molecule has 1 fully saturated rings. The van der Waals surface area contributed by atoms with Gasteiger partial charge < -0.3 is 10.6 Å². The van der Waals surface area contributed by atoms with Gasteiger partial charge in [0.25, 0.3) is 5.91 Å². The lowest BCUT2D eigenvalue weighted by atomic mass is 10.1. The van der Waals surface area contributed by atoms with E-state index in [1.807, 2.05) is 6.92 Å². The summed E-state index contributed by atoms with van der Waals surface area (Å²) in [5.41, 5.74) is 0.0663. The molecule has 0 unspecified atom stereocenters. The average molecular weight is 279 g/mol.